The van der Waals surface area contributed by atoms with Crippen molar-refractivity contribution in [2.24, 2.45) is 0 Å². The van der Waals surface area contributed by atoms with E-state index in [1.807, 2.05) is 12.1 Å². The van der Waals surface area contributed by atoms with Gasteiger partial charge in [-0.1, -0.05) is 29.0 Å². The van der Waals surface area contributed by atoms with Crippen LogP contribution in [-0.2, 0) is 6.42 Å². The number of aromatic nitrogens is 4. The van der Waals surface area contributed by atoms with Gasteiger partial charge in [-0.25, -0.2) is 4.39 Å². The molecule has 4 aromatic rings. The Morgan fingerprint density at radius 2 is 1.96 bits per heavy atom. The molecular formula is C16H11ClFN5OS. The Morgan fingerprint density at radius 3 is 2.72 bits per heavy atom. The van der Waals surface area contributed by atoms with Crippen molar-refractivity contribution >= 4 is 38.7 Å². The van der Waals surface area contributed by atoms with Crippen LogP contribution in [0.2, 0.25) is 5.02 Å². The topological polar surface area (TPSA) is 75.3 Å². The largest absolute Gasteiger partial charge is 0.505 e. The van der Waals surface area contributed by atoms with Crippen molar-refractivity contribution in [2.75, 3.05) is 5.32 Å². The molecule has 2 aromatic heterocycles. The number of nitrogens with zero attached hydrogens (tertiary/aromatic N) is 4. The second-order valence-corrected chi connectivity index (χ2v) is 6.70. The van der Waals surface area contributed by atoms with Gasteiger partial charge in [0.15, 0.2) is 17.4 Å². The first kappa shape index (κ1) is 15.8. The van der Waals surface area contributed by atoms with Gasteiger partial charge >= 0.3 is 0 Å². The molecule has 0 aliphatic rings. The maximum Gasteiger partial charge on any atom is 0.236 e. The number of halogens is 2. The first-order chi connectivity index (χ1) is 12.1. The van der Waals surface area contributed by atoms with Crippen LogP contribution in [0, 0.1) is 5.82 Å². The summed E-state index contributed by atoms with van der Waals surface area (Å²) in [6.07, 6.45) is 0.350. The Balaban J connectivity index is 1.59. The SMILES string of the molecule is Oc1ccc(Cc2nnc3sc(Nc4ccc(Cl)cc4)nn23)cc1F. The number of aromatic hydroxyl groups is 1. The number of hydrogen-bond acceptors (Lipinski definition) is 6. The van der Waals surface area contributed by atoms with Crippen molar-refractivity contribution < 1.29 is 9.50 Å². The molecule has 4 rings (SSSR count). The van der Waals surface area contributed by atoms with Crippen LogP contribution in [0.1, 0.15) is 11.4 Å². The molecule has 0 radical (unpaired) electrons. The van der Waals surface area contributed by atoms with E-state index in [2.05, 4.69) is 20.6 Å². The first-order valence-corrected chi connectivity index (χ1v) is 8.49. The van der Waals surface area contributed by atoms with E-state index in [4.69, 9.17) is 11.6 Å². The van der Waals surface area contributed by atoms with Gasteiger partial charge in [-0.05, 0) is 42.0 Å². The number of phenolic OH excluding ortho intramolecular Hbond substituents is 1. The lowest BCUT2D eigenvalue weighted by atomic mass is 10.1. The van der Waals surface area contributed by atoms with E-state index in [9.17, 15) is 9.50 Å². The molecule has 126 valence electrons. The summed E-state index contributed by atoms with van der Waals surface area (Å²) in [5, 5.41) is 26.4. The summed E-state index contributed by atoms with van der Waals surface area (Å²) in [6, 6.07) is 11.5. The molecule has 0 fully saturated rings. The molecule has 9 heteroatoms. The zero-order valence-corrected chi connectivity index (χ0v) is 14.2. The minimum absolute atomic E-state index is 0.350. The number of rotatable bonds is 4. The molecule has 2 N–H and O–H groups in total. The highest BCUT2D eigenvalue weighted by Gasteiger charge is 2.13. The molecule has 0 bridgehead atoms. The van der Waals surface area contributed by atoms with Crippen LogP contribution >= 0.6 is 22.9 Å². The number of fused-ring (bicyclic) bond motifs is 1. The molecule has 0 saturated heterocycles. The maximum atomic E-state index is 13.5. The van der Waals surface area contributed by atoms with E-state index in [1.54, 1.807) is 22.7 Å². The summed E-state index contributed by atoms with van der Waals surface area (Å²) >= 11 is 7.23. The quantitative estimate of drug-likeness (QED) is 0.563. The average molecular weight is 376 g/mol. The molecule has 0 spiro atoms. The van der Waals surface area contributed by atoms with Crippen molar-refractivity contribution in [1.29, 1.82) is 0 Å². The predicted molar refractivity (Wildman–Crippen MR) is 94.3 cm³/mol. The van der Waals surface area contributed by atoms with Crippen LogP contribution in [0.3, 0.4) is 0 Å². The van der Waals surface area contributed by atoms with Crippen molar-refractivity contribution in [2.45, 2.75) is 6.42 Å². The summed E-state index contributed by atoms with van der Waals surface area (Å²) in [7, 11) is 0. The van der Waals surface area contributed by atoms with Gasteiger partial charge in [0.25, 0.3) is 0 Å². The fraction of sp³-hybridized carbons (Fsp3) is 0.0625. The van der Waals surface area contributed by atoms with Gasteiger partial charge in [0.2, 0.25) is 10.1 Å². The van der Waals surface area contributed by atoms with Gasteiger partial charge in [-0.3, -0.25) is 0 Å². The highest BCUT2D eigenvalue weighted by Crippen LogP contribution is 2.25. The van der Waals surface area contributed by atoms with E-state index < -0.39 is 5.82 Å². The fourth-order valence-corrected chi connectivity index (χ4v) is 3.22. The van der Waals surface area contributed by atoms with Crippen molar-refractivity contribution in [3.63, 3.8) is 0 Å². The Kier molecular flexibility index (Phi) is 3.98. The minimum Gasteiger partial charge on any atom is -0.505 e. The molecular weight excluding hydrogens is 365 g/mol. The van der Waals surface area contributed by atoms with E-state index in [-0.39, 0.29) is 5.75 Å². The van der Waals surface area contributed by atoms with Crippen LogP contribution in [0.5, 0.6) is 5.75 Å². The Morgan fingerprint density at radius 1 is 1.16 bits per heavy atom. The molecule has 0 atom stereocenters. The number of nitrogens with one attached hydrogen (secondary N) is 1. The highest BCUT2D eigenvalue weighted by molar-refractivity contribution is 7.20. The zero-order valence-electron chi connectivity index (χ0n) is 12.6. The Bertz CT molecular complexity index is 1050. The van der Waals surface area contributed by atoms with E-state index in [0.717, 1.165) is 5.69 Å². The van der Waals surface area contributed by atoms with Crippen LogP contribution in [0.4, 0.5) is 15.2 Å². The molecule has 0 aliphatic heterocycles. The summed E-state index contributed by atoms with van der Waals surface area (Å²) in [5.41, 5.74) is 1.53. The monoisotopic (exact) mass is 375 g/mol. The molecule has 25 heavy (non-hydrogen) atoms. The number of anilines is 2. The number of hydrogen-bond donors (Lipinski definition) is 2. The lowest BCUT2D eigenvalue weighted by Gasteiger charge is -2.02. The lowest BCUT2D eigenvalue weighted by molar-refractivity contribution is 0.432. The van der Waals surface area contributed by atoms with Gasteiger partial charge in [0, 0.05) is 17.1 Å². The molecule has 2 aromatic carbocycles. The summed E-state index contributed by atoms with van der Waals surface area (Å²) in [6.45, 7) is 0. The van der Waals surface area contributed by atoms with Crippen molar-refractivity contribution in [3.05, 3.63) is 64.7 Å². The van der Waals surface area contributed by atoms with Crippen LogP contribution < -0.4 is 5.32 Å². The van der Waals surface area contributed by atoms with Gasteiger partial charge in [-0.2, -0.15) is 4.52 Å². The predicted octanol–water partition coefficient (Wildman–Crippen LogP) is 4.02. The maximum absolute atomic E-state index is 13.5. The zero-order chi connectivity index (χ0) is 17.4. The molecule has 2 heterocycles. The van der Waals surface area contributed by atoms with Crippen molar-refractivity contribution in [1.82, 2.24) is 19.8 Å². The number of benzene rings is 2. The van der Waals surface area contributed by atoms with E-state index >= 15 is 0 Å². The minimum atomic E-state index is -0.665. The van der Waals surface area contributed by atoms with E-state index in [0.29, 0.717) is 32.9 Å². The smallest absolute Gasteiger partial charge is 0.236 e. The average Bonchev–Trinajstić information content (AvgIpc) is 3.15. The molecule has 6 nitrogen and oxygen atoms in total. The van der Waals surface area contributed by atoms with Crippen LogP contribution in [0.15, 0.2) is 42.5 Å². The third-order valence-corrected chi connectivity index (χ3v) is 4.59. The lowest BCUT2D eigenvalue weighted by Crippen LogP contribution is -1.99. The second kappa shape index (κ2) is 6.30. The van der Waals surface area contributed by atoms with E-state index in [1.165, 1.54) is 23.5 Å². The van der Waals surface area contributed by atoms with Crippen molar-refractivity contribution in [3.8, 4) is 5.75 Å². The number of phenols is 1. The summed E-state index contributed by atoms with van der Waals surface area (Å²) in [5.74, 6) is -0.458. The molecule has 0 saturated carbocycles. The third kappa shape index (κ3) is 3.26. The third-order valence-electron chi connectivity index (χ3n) is 3.53. The molecule has 0 aliphatic carbocycles. The normalized spacial score (nSPS) is 11.1. The van der Waals surface area contributed by atoms with Crippen LogP contribution in [-0.4, -0.2) is 24.9 Å². The van der Waals surface area contributed by atoms with Crippen LogP contribution in [0.25, 0.3) is 4.96 Å². The summed E-state index contributed by atoms with van der Waals surface area (Å²) in [4.78, 5) is 0.630. The highest BCUT2D eigenvalue weighted by atomic mass is 35.5. The van der Waals surface area contributed by atoms with Gasteiger partial charge in [0.1, 0.15) is 0 Å². The first-order valence-electron chi connectivity index (χ1n) is 7.29. The molecule has 0 unspecified atom stereocenters. The standard InChI is InChI=1S/C16H11ClFN5OS/c17-10-2-4-11(5-3-10)19-15-22-23-14(20-21-16(23)25-15)8-9-1-6-13(24)12(18)7-9/h1-7,24H,8H2,(H,19,22). The Hall–Kier alpha value is -2.71. The fourth-order valence-electron chi connectivity index (χ4n) is 2.32. The second-order valence-electron chi connectivity index (χ2n) is 5.31. The Labute approximate surface area is 150 Å². The van der Waals surface area contributed by atoms with Gasteiger partial charge in [0.05, 0.1) is 0 Å². The van der Waals surface area contributed by atoms with Gasteiger partial charge in [-0.15, -0.1) is 15.3 Å². The molecule has 0 amide bonds. The van der Waals surface area contributed by atoms with Gasteiger partial charge < -0.3 is 10.4 Å². The summed E-state index contributed by atoms with van der Waals surface area (Å²) < 4.78 is 15.1.